The smallest absolute Gasteiger partial charge is 0.307 e. The molecular weight excluding hydrogens is 360 g/mol. The molecule has 0 fully saturated rings. The Kier molecular flexibility index (Phi) is 7.54. The van der Waals surface area contributed by atoms with Gasteiger partial charge < -0.3 is 4.74 Å². The molecule has 0 unspecified atom stereocenters. The van der Waals surface area contributed by atoms with Crippen LogP contribution in [0.4, 0.5) is 0 Å². The molecule has 4 nitrogen and oxygen atoms in total. The van der Waals surface area contributed by atoms with E-state index in [-0.39, 0.29) is 24.5 Å². The Balaban J connectivity index is 2.00. The summed E-state index contributed by atoms with van der Waals surface area (Å²) in [4.78, 5) is 19.1. The largest absolute Gasteiger partial charge is 0.466 e. The average Bonchev–Trinajstić information content (AvgIpc) is 2.78. The molecule has 0 aliphatic rings. The Morgan fingerprint density at radius 1 is 0.966 bits per heavy atom. The van der Waals surface area contributed by atoms with Crippen molar-refractivity contribution >= 4 is 5.97 Å². The van der Waals surface area contributed by atoms with Crippen molar-refractivity contribution < 1.29 is 9.53 Å². The number of rotatable bonds is 9. The predicted octanol–water partition coefficient (Wildman–Crippen LogP) is 5.34. The van der Waals surface area contributed by atoms with Gasteiger partial charge in [0.25, 0.3) is 0 Å². The molecule has 29 heavy (non-hydrogen) atoms. The molecule has 0 saturated heterocycles. The fraction of sp³-hybridized carbons (Fsp3) is 0.280. The molecule has 2 aromatic carbocycles. The molecule has 0 aliphatic carbocycles. The van der Waals surface area contributed by atoms with Gasteiger partial charge in [-0.25, -0.2) is 0 Å². The minimum Gasteiger partial charge on any atom is -0.466 e. The SMILES string of the molecule is CCOC(=O)C[C@@H](c1cccnc1)N(Cc1ccccc1)[C@H](C)c1ccccc1. The highest BCUT2D eigenvalue weighted by atomic mass is 16.5. The van der Waals surface area contributed by atoms with Gasteiger partial charge in [-0.05, 0) is 36.6 Å². The van der Waals surface area contributed by atoms with Crippen LogP contribution in [0.25, 0.3) is 0 Å². The number of ether oxygens (including phenoxy) is 1. The zero-order valence-electron chi connectivity index (χ0n) is 17.1. The fourth-order valence-electron chi connectivity index (χ4n) is 3.61. The molecule has 0 spiro atoms. The van der Waals surface area contributed by atoms with Crippen molar-refractivity contribution in [2.45, 2.75) is 38.9 Å². The molecule has 3 rings (SSSR count). The van der Waals surface area contributed by atoms with E-state index >= 15 is 0 Å². The topological polar surface area (TPSA) is 42.4 Å². The first kappa shape index (κ1) is 20.7. The van der Waals surface area contributed by atoms with E-state index in [2.05, 4.69) is 53.2 Å². The molecule has 4 heteroatoms. The van der Waals surface area contributed by atoms with Crippen LogP contribution in [-0.2, 0) is 16.1 Å². The molecule has 2 atom stereocenters. The molecular formula is C25H28N2O2. The second-order valence-electron chi connectivity index (χ2n) is 7.06. The summed E-state index contributed by atoms with van der Waals surface area (Å²) in [5, 5.41) is 0. The molecule has 0 aliphatic heterocycles. The first-order valence-electron chi connectivity index (χ1n) is 10.1. The van der Waals surface area contributed by atoms with Crippen molar-refractivity contribution in [1.82, 2.24) is 9.88 Å². The summed E-state index contributed by atoms with van der Waals surface area (Å²) < 4.78 is 5.29. The van der Waals surface area contributed by atoms with Crippen molar-refractivity contribution in [2.24, 2.45) is 0 Å². The van der Waals surface area contributed by atoms with Crippen LogP contribution in [0, 0.1) is 0 Å². The van der Waals surface area contributed by atoms with Crippen molar-refractivity contribution in [3.05, 3.63) is 102 Å². The predicted molar refractivity (Wildman–Crippen MR) is 115 cm³/mol. The van der Waals surface area contributed by atoms with Gasteiger partial charge in [0.05, 0.1) is 13.0 Å². The molecule has 1 heterocycles. The number of hydrogen-bond acceptors (Lipinski definition) is 4. The molecule has 0 amide bonds. The number of aromatic nitrogens is 1. The van der Waals surface area contributed by atoms with Crippen LogP contribution >= 0.6 is 0 Å². The van der Waals surface area contributed by atoms with Crippen LogP contribution in [0.3, 0.4) is 0 Å². The Labute approximate surface area is 173 Å². The van der Waals surface area contributed by atoms with Crippen molar-refractivity contribution in [1.29, 1.82) is 0 Å². The third kappa shape index (κ3) is 5.75. The van der Waals surface area contributed by atoms with E-state index in [1.165, 1.54) is 11.1 Å². The minimum absolute atomic E-state index is 0.107. The van der Waals surface area contributed by atoms with Crippen LogP contribution < -0.4 is 0 Å². The van der Waals surface area contributed by atoms with Crippen LogP contribution in [0.5, 0.6) is 0 Å². The Hall–Kier alpha value is -2.98. The Morgan fingerprint density at radius 2 is 1.62 bits per heavy atom. The summed E-state index contributed by atoms with van der Waals surface area (Å²) in [7, 11) is 0. The first-order valence-corrected chi connectivity index (χ1v) is 10.1. The lowest BCUT2D eigenvalue weighted by molar-refractivity contribution is -0.145. The van der Waals surface area contributed by atoms with Crippen molar-refractivity contribution in [3.63, 3.8) is 0 Å². The van der Waals surface area contributed by atoms with Crippen LogP contribution in [0.1, 0.15) is 49.0 Å². The van der Waals surface area contributed by atoms with Crippen molar-refractivity contribution in [2.75, 3.05) is 6.61 Å². The van der Waals surface area contributed by atoms with Gasteiger partial charge in [0.15, 0.2) is 0 Å². The quantitative estimate of drug-likeness (QED) is 0.464. The van der Waals surface area contributed by atoms with Gasteiger partial charge in [0.2, 0.25) is 0 Å². The van der Waals surface area contributed by atoms with Gasteiger partial charge in [-0.1, -0.05) is 66.7 Å². The van der Waals surface area contributed by atoms with E-state index < -0.39 is 0 Å². The molecule has 1 aromatic heterocycles. The summed E-state index contributed by atoms with van der Waals surface area (Å²) in [6.07, 6.45) is 3.89. The van der Waals surface area contributed by atoms with Crippen LogP contribution in [-0.4, -0.2) is 22.5 Å². The van der Waals surface area contributed by atoms with Crippen LogP contribution in [0.15, 0.2) is 85.2 Å². The molecule has 0 bridgehead atoms. The number of hydrogen-bond donors (Lipinski definition) is 0. The van der Waals surface area contributed by atoms with Gasteiger partial charge in [-0.15, -0.1) is 0 Å². The molecule has 150 valence electrons. The second kappa shape index (κ2) is 10.5. The van der Waals surface area contributed by atoms with E-state index in [0.717, 1.165) is 12.1 Å². The zero-order chi connectivity index (χ0) is 20.5. The maximum absolute atomic E-state index is 12.5. The van der Waals surface area contributed by atoms with E-state index in [4.69, 9.17) is 4.74 Å². The van der Waals surface area contributed by atoms with E-state index in [1.54, 1.807) is 6.20 Å². The van der Waals surface area contributed by atoms with Crippen molar-refractivity contribution in [3.8, 4) is 0 Å². The van der Waals surface area contributed by atoms with Crippen LogP contribution in [0.2, 0.25) is 0 Å². The van der Waals surface area contributed by atoms with E-state index in [0.29, 0.717) is 6.61 Å². The van der Waals surface area contributed by atoms with Gasteiger partial charge in [0, 0.05) is 31.0 Å². The number of nitrogens with zero attached hydrogens (tertiary/aromatic N) is 2. The fourth-order valence-corrected chi connectivity index (χ4v) is 3.61. The second-order valence-corrected chi connectivity index (χ2v) is 7.06. The summed E-state index contributed by atoms with van der Waals surface area (Å²) in [6, 6.07) is 24.7. The maximum Gasteiger partial charge on any atom is 0.307 e. The lowest BCUT2D eigenvalue weighted by Crippen LogP contribution is -2.33. The lowest BCUT2D eigenvalue weighted by Gasteiger charge is -2.36. The van der Waals surface area contributed by atoms with Gasteiger partial charge in [-0.2, -0.15) is 0 Å². The summed E-state index contributed by atoms with van der Waals surface area (Å²) in [5.41, 5.74) is 3.42. The van der Waals surface area contributed by atoms with Gasteiger partial charge >= 0.3 is 5.97 Å². The Bertz CT molecular complexity index is 869. The number of carbonyl (C=O) groups excluding carboxylic acids is 1. The highest BCUT2D eigenvalue weighted by molar-refractivity contribution is 5.70. The average molecular weight is 389 g/mol. The Morgan fingerprint density at radius 3 is 2.24 bits per heavy atom. The monoisotopic (exact) mass is 388 g/mol. The number of carbonyl (C=O) groups is 1. The van der Waals surface area contributed by atoms with Gasteiger partial charge in [0.1, 0.15) is 0 Å². The molecule has 0 N–H and O–H groups in total. The molecule has 3 aromatic rings. The minimum atomic E-state index is -0.195. The molecule has 0 saturated carbocycles. The lowest BCUT2D eigenvalue weighted by atomic mass is 9.97. The third-order valence-electron chi connectivity index (χ3n) is 5.12. The normalized spacial score (nSPS) is 13.1. The number of benzene rings is 2. The zero-order valence-corrected chi connectivity index (χ0v) is 17.1. The van der Waals surface area contributed by atoms with E-state index in [1.807, 2.05) is 49.5 Å². The summed E-state index contributed by atoms with van der Waals surface area (Å²) >= 11 is 0. The maximum atomic E-state index is 12.5. The van der Waals surface area contributed by atoms with Gasteiger partial charge in [-0.3, -0.25) is 14.7 Å². The highest BCUT2D eigenvalue weighted by Crippen LogP contribution is 2.34. The summed E-state index contributed by atoms with van der Waals surface area (Å²) in [6.45, 7) is 5.12. The standard InChI is InChI=1S/C25H28N2O2/c1-3-29-25(28)17-24(23-15-10-16-26-18-23)27(19-21-11-6-4-7-12-21)20(2)22-13-8-5-9-14-22/h4-16,18,20,24H,3,17,19H2,1-2H3/t20-,24+/m1/s1. The molecule has 0 radical (unpaired) electrons. The number of esters is 1. The van der Waals surface area contributed by atoms with E-state index in [9.17, 15) is 4.79 Å². The third-order valence-corrected chi connectivity index (χ3v) is 5.12. The summed E-state index contributed by atoms with van der Waals surface area (Å²) in [5.74, 6) is -0.195. The number of pyridine rings is 1. The highest BCUT2D eigenvalue weighted by Gasteiger charge is 2.29. The first-order chi connectivity index (χ1) is 14.2.